The van der Waals surface area contributed by atoms with Gasteiger partial charge in [0, 0.05) is 49.1 Å². The lowest BCUT2D eigenvalue weighted by atomic mass is 10.1. The van der Waals surface area contributed by atoms with Crippen molar-refractivity contribution in [2.24, 2.45) is 11.7 Å². The molecule has 2 aromatic heterocycles. The van der Waals surface area contributed by atoms with Crippen LogP contribution in [0.1, 0.15) is 58.0 Å². The third kappa shape index (κ3) is 6.04. The van der Waals surface area contributed by atoms with Crippen LogP contribution < -0.4 is 21.5 Å². The number of nitrogens with one attached hydrogen (secondary N) is 2. The lowest BCUT2D eigenvalue weighted by Gasteiger charge is -2.44. The molecule has 2 amide bonds. The maximum absolute atomic E-state index is 15.8. The van der Waals surface area contributed by atoms with Crippen molar-refractivity contribution in [3.8, 4) is 10.6 Å². The molecule has 1 saturated carbocycles. The summed E-state index contributed by atoms with van der Waals surface area (Å²) in [6, 6.07) is 2.97. The molecule has 0 unspecified atom stereocenters. The van der Waals surface area contributed by atoms with Gasteiger partial charge in [-0.25, -0.2) is 9.37 Å². The van der Waals surface area contributed by atoms with Crippen molar-refractivity contribution in [3.63, 3.8) is 0 Å². The van der Waals surface area contributed by atoms with E-state index in [4.69, 9.17) is 5.73 Å². The minimum Gasteiger partial charge on any atom is -0.367 e. The number of aromatic amines is 1. The summed E-state index contributed by atoms with van der Waals surface area (Å²) in [5, 5.41) is 2.69. The summed E-state index contributed by atoms with van der Waals surface area (Å²) in [5.74, 6) is -2.12. The number of carbonyl (C=O) groups excluding carboxylic acids is 2. The Balaban J connectivity index is 1.60. The first-order valence-electron chi connectivity index (χ1n) is 13.4. The number of H-pyrrole nitrogens is 1. The Kier molecular flexibility index (Phi) is 7.88. The number of carbonyl (C=O) groups is 2. The molecule has 5 rings (SSSR count). The highest BCUT2D eigenvalue weighted by Crippen LogP contribution is 2.40. The number of nitrogens with two attached hydrogens (primary N) is 1. The maximum atomic E-state index is 15.8. The Morgan fingerprint density at radius 3 is 2.43 bits per heavy atom. The van der Waals surface area contributed by atoms with E-state index in [0.29, 0.717) is 43.4 Å². The molecular formula is C28H30F4N6O3S. The minimum absolute atomic E-state index is 0.0312. The summed E-state index contributed by atoms with van der Waals surface area (Å²) in [6.07, 6.45) is -1.74. The summed E-state index contributed by atoms with van der Waals surface area (Å²) in [6.45, 7) is 4.90. The summed E-state index contributed by atoms with van der Waals surface area (Å²) in [7, 11) is 1.96. The van der Waals surface area contributed by atoms with Crippen LogP contribution in [0.3, 0.4) is 0 Å². The lowest BCUT2D eigenvalue weighted by Crippen LogP contribution is -2.55. The van der Waals surface area contributed by atoms with E-state index in [2.05, 4.69) is 20.2 Å². The van der Waals surface area contributed by atoms with Crippen molar-refractivity contribution in [2.75, 3.05) is 30.4 Å². The van der Waals surface area contributed by atoms with E-state index >= 15 is 4.39 Å². The number of hydrogen-bond donors (Lipinski definition) is 3. The number of thiazole rings is 1. The number of piperazine rings is 1. The predicted molar refractivity (Wildman–Crippen MR) is 151 cm³/mol. The molecule has 3 heterocycles. The normalized spacial score (nSPS) is 19.6. The zero-order valence-corrected chi connectivity index (χ0v) is 24.0. The molecule has 1 aliphatic carbocycles. The molecule has 42 heavy (non-hydrogen) atoms. The first-order valence-corrected chi connectivity index (χ1v) is 14.3. The van der Waals surface area contributed by atoms with Crippen LogP contribution in [0.5, 0.6) is 0 Å². The first-order chi connectivity index (χ1) is 19.7. The topological polar surface area (TPSA) is 124 Å². The van der Waals surface area contributed by atoms with Gasteiger partial charge in [-0.2, -0.15) is 13.2 Å². The number of likely N-dealkylation sites (N-methyl/N-ethyl adjacent to an activating group) is 1. The van der Waals surface area contributed by atoms with E-state index in [1.54, 1.807) is 0 Å². The summed E-state index contributed by atoms with van der Waals surface area (Å²) >= 11 is 0.931. The largest absolute Gasteiger partial charge is 0.417 e. The van der Waals surface area contributed by atoms with Gasteiger partial charge >= 0.3 is 6.18 Å². The van der Waals surface area contributed by atoms with Gasteiger partial charge in [0.1, 0.15) is 15.7 Å². The Bertz CT molecular complexity index is 1590. The zero-order valence-electron chi connectivity index (χ0n) is 23.1. The molecule has 14 heteroatoms. The molecule has 0 bridgehead atoms. The van der Waals surface area contributed by atoms with Gasteiger partial charge in [0.15, 0.2) is 0 Å². The molecule has 0 spiro atoms. The second-order valence-corrected chi connectivity index (χ2v) is 12.0. The Labute approximate surface area is 242 Å². The van der Waals surface area contributed by atoms with Crippen molar-refractivity contribution in [3.05, 3.63) is 62.3 Å². The molecule has 1 aliphatic heterocycles. The van der Waals surface area contributed by atoms with Crippen LogP contribution in [0.25, 0.3) is 10.6 Å². The summed E-state index contributed by atoms with van der Waals surface area (Å²) < 4.78 is 57.0. The highest BCUT2D eigenvalue weighted by atomic mass is 32.1. The number of amides is 2. The Hall–Kier alpha value is -3.78. The highest BCUT2D eigenvalue weighted by Gasteiger charge is 2.37. The maximum Gasteiger partial charge on any atom is 0.417 e. The summed E-state index contributed by atoms with van der Waals surface area (Å²) in [5.41, 5.74) is 3.14. The van der Waals surface area contributed by atoms with Gasteiger partial charge in [-0.3, -0.25) is 19.3 Å². The fourth-order valence-electron chi connectivity index (χ4n) is 5.17. The van der Waals surface area contributed by atoms with Crippen LogP contribution >= 0.6 is 11.3 Å². The second-order valence-electron chi connectivity index (χ2n) is 11.0. The van der Waals surface area contributed by atoms with Crippen molar-refractivity contribution >= 4 is 34.5 Å². The molecule has 1 aromatic carbocycles. The van der Waals surface area contributed by atoms with Gasteiger partial charge in [0.2, 0.25) is 5.56 Å². The van der Waals surface area contributed by atoms with Crippen molar-refractivity contribution in [2.45, 2.75) is 51.4 Å². The average molecular weight is 607 g/mol. The standard InChI is InChI=1S/C28H30F4N6O3S/c1-13-11-38(12-14(2)37(13)3)22-9-19(29)16(27-36-21(6-15-4-5-15)24(42-27)25(33)40)7-20(22)35-26(41)17-10-34-23(39)8-18(17)28(30,31)32/h7-10,13-15H,4-6,11-12H2,1-3H3,(H2,33,40)(H,34,39)(H,35,41)/t13-,14+. The SMILES string of the molecule is C[C@@H]1CN(c2cc(F)c(-c3nc(CC4CC4)c(C(N)=O)s3)cc2NC(=O)c2c[nH]c(=O)cc2C(F)(F)F)C[C@H](C)N1C. The number of aromatic nitrogens is 2. The number of primary amides is 1. The van der Waals surface area contributed by atoms with E-state index in [-0.39, 0.29) is 38.9 Å². The van der Waals surface area contributed by atoms with E-state index in [9.17, 15) is 27.6 Å². The van der Waals surface area contributed by atoms with Gasteiger partial charge < -0.3 is 20.9 Å². The number of benzene rings is 1. The van der Waals surface area contributed by atoms with Crippen LogP contribution in [0.2, 0.25) is 0 Å². The molecule has 3 aromatic rings. The van der Waals surface area contributed by atoms with Crippen molar-refractivity contribution in [1.29, 1.82) is 0 Å². The monoisotopic (exact) mass is 606 g/mol. The van der Waals surface area contributed by atoms with Gasteiger partial charge in [-0.05, 0) is 52.1 Å². The summed E-state index contributed by atoms with van der Waals surface area (Å²) in [4.78, 5) is 47.9. The molecule has 2 atom stereocenters. The molecule has 224 valence electrons. The Morgan fingerprint density at radius 1 is 1.17 bits per heavy atom. The van der Waals surface area contributed by atoms with Gasteiger partial charge in [-0.15, -0.1) is 11.3 Å². The van der Waals surface area contributed by atoms with E-state index in [1.807, 2.05) is 25.8 Å². The molecular weight excluding hydrogens is 576 g/mol. The number of nitrogens with zero attached hydrogens (tertiary/aromatic N) is 3. The number of pyridine rings is 1. The second kappa shape index (κ2) is 11.1. The fraction of sp³-hybridized carbons (Fsp3) is 0.429. The molecule has 9 nitrogen and oxygen atoms in total. The van der Waals surface area contributed by atoms with Crippen LogP contribution in [-0.4, -0.2) is 58.9 Å². The van der Waals surface area contributed by atoms with Crippen LogP contribution in [0.15, 0.2) is 29.2 Å². The van der Waals surface area contributed by atoms with Crippen LogP contribution in [0, 0.1) is 11.7 Å². The lowest BCUT2D eigenvalue weighted by molar-refractivity contribution is -0.138. The van der Waals surface area contributed by atoms with Gasteiger partial charge in [0.25, 0.3) is 11.8 Å². The number of anilines is 2. The number of hydrogen-bond acceptors (Lipinski definition) is 7. The molecule has 1 saturated heterocycles. The van der Waals surface area contributed by atoms with Crippen LogP contribution in [-0.2, 0) is 12.6 Å². The molecule has 4 N–H and O–H groups in total. The quantitative estimate of drug-likeness (QED) is 0.341. The minimum atomic E-state index is -4.97. The van der Waals surface area contributed by atoms with E-state index in [0.717, 1.165) is 24.2 Å². The smallest absolute Gasteiger partial charge is 0.367 e. The zero-order chi connectivity index (χ0) is 30.5. The van der Waals surface area contributed by atoms with E-state index in [1.165, 1.54) is 12.1 Å². The molecule has 2 aliphatic rings. The van der Waals surface area contributed by atoms with Gasteiger partial charge in [-0.1, -0.05) is 0 Å². The van der Waals surface area contributed by atoms with Crippen molar-refractivity contribution in [1.82, 2.24) is 14.9 Å². The Morgan fingerprint density at radius 2 is 1.83 bits per heavy atom. The highest BCUT2D eigenvalue weighted by molar-refractivity contribution is 7.17. The van der Waals surface area contributed by atoms with Crippen molar-refractivity contribution < 1.29 is 27.2 Å². The van der Waals surface area contributed by atoms with Gasteiger partial charge in [0.05, 0.1) is 28.2 Å². The fourth-order valence-corrected chi connectivity index (χ4v) is 6.13. The third-order valence-corrected chi connectivity index (χ3v) is 8.98. The molecule has 0 radical (unpaired) electrons. The number of rotatable bonds is 7. The average Bonchev–Trinajstić information content (AvgIpc) is 3.63. The molecule has 2 fully saturated rings. The predicted octanol–water partition coefficient (Wildman–Crippen LogP) is 4.49. The first kappa shape index (κ1) is 29.7. The van der Waals surface area contributed by atoms with Crippen LogP contribution in [0.4, 0.5) is 28.9 Å². The number of halogens is 4. The number of alkyl halides is 3. The van der Waals surface area contributed by atoms with E-state index < -0.39 is 40.5 Å². The third-order valence-electron chi connectivity index (χ3n) is 7.84.